The van der Waals surface area contributed by atoms with Crippen LogP contribution in [0.1, 0.15) is 34.6 Å². The Balaban J connectivity index is 2.10. The first-order valence-electron chi connectivity index (χ1n) is 10.9. The maximum absolute atomic E-state index is 11.6. The van der Waals surface area contributed by atoms with Crippen LogP contribution in [-0.4, -0.2) is 47.8 Å². The summed E-state index contributed by atoms with van der Waals surface area (Å²) in [6, 6.07) is 16.7. The fourth-order valence-corrected chi connectivity index (χ4v) is 3.90. The summed E-state index contributed by atoms with van der Waals surface area (Å²) in [5.41, 5.74) is 2.50. The van der Waals surface area contributed by atoms with Crippen LogP contribution in [0.2, 0.25) is 0 Å². The third kappa shape index (κ3) is 5.62. The lowest BCUT2D eigenvalue weighted by Crippen LogP contribution is -2.14. The third-order valence-electron chi connectivity index (χ3n) is 5.60. The summed E-state index contributed by atoms with van der Waals surface area (Å²) in [6.45, 7) is 0.344. The Labute approximate surface area is 205 Å². The Bertz CT molecular complexity index is 1100. The molecule has 8 heteroatoms. The van der Waals surface area contributed by atoms with E-state index >= 15 is 0 Å². The van der Waals surface area contributed by atoms with E-state index < -0.39 is 12.4 Å². The van der Waals surface area contributed by atoms with Gasteiger partial charge in [-0.2, -0.15) is 0 Å². The van der Waals surface area contributed by atoms with Crippen LogP contribution >= 0.6 is 0 Å². The Morgan fingerprint density at radius 2 is 1.34 bits per heavy atom. The SMILES string of the molecule is COc1ccc(C(O)c2c(C(OC)OC)cc(OC)c(OC)c2OC)cc1OCc1ccccc1. The Morgan fingerprint density at radius 1 is 0.686 bits per heavy atom. The summed E-state index contributed by atoms with van der Waals surface area (Å²) >= 11 is 0. The van der Waals surface area contributed by atoms with Gasteiger partial charge in [-0.3, -0.25) is 0 Å². The normalized spacial score (nSPS) is 11.8. The number of benzene rings is 3. The Morgan fingerprint density at radius 3 is 1.91 bits per heavy atom. The van der Waals surface area contributed by atoms with Crippen LogP contribution in [-0.2, 0) is 16.1 Å². The van der Waals surface area contributed by atoms with Crippen LogP contribution in [0.15, 0.2) is 54.6 Å². The van der Waals surface area contributed by atoms with Crippen LogP contribution in [0.3, 0.4) is 0 Å². The fraction of sp³-hybridized carbons (Fsp3) is 0.333. The van der Waals surface area contributed by atoms with Gasteiger partial charge in [-0.1, -0.05) is 36.4 Å². The van der Waals surface area contributed by atoms with Gasteiger partial charge in [0, 0.05) is 25.3 Å². The molecule has 0 saturated heterocycles. The van der Waals surface area contributed by atoms with E-state index in [4.69, 9.17) is 33.2 Å². The van der Waals surface area contributed by atoms with Gasteiger partial charge in [0.15, 0.2) is 29.3 Å². The van der Waals surface area contributed by atoms with Crippen LogP contribution in [0.4, 0.5) is 0 Å². The van der Waals surface area contributed by atoms with Gasteiger partial charge in [-0.05, 0) is 29.3 Å². The van der Waals surface area contributed by atoms with Crippen molar-refractivity contribution in [2.75, 3.05) is 42.7 Å². The first kappa shape index (κ1) is 26.2. The van der Waals surface area contributed by atoms with E-state index in [9.17, 15) is 5.11 Å². The van der Waals surface area contributed by atoms with E-state index in [0.717, 1.165) is 5.56 Å². The molecule has 0 spiro atoms. The molecule has 0 fully saturated rings. The number of hydrogen-bond donors (Lipinski definition) is 1. The van der Waals surface area contributed by atoms with E-state index in [0.29, 0.717) is 52.0 Å². The van der Waals surface area contributed by atoms with E-state index in [2.05, 4.69) is 0 Å². The highest BCUT2D eigenvalue weighted by atomic mass is 16.7. The topological polar surface area (TPSA) is 84.8 Å². The molecule has 35 heavy (non-hydrogen) atoms. The second kappa shape index (κ2) is 12.3. The fourth-order valence-electron chi connectivity index (χ4n) is 3.90. The van der Waals surface area contributed by atoms with E-state index in [1.54, 1.807) is 31.4 Å². The van der Waals surface area contributed by atoms with Crippen molar-refractivity contribution in [1.82, 2.24) is 0 Å². The van der Waals surface area contributed by atoms with E-state index in [1.807, 2.05) is 30.3 Å². The van der Waals surface area contributed by atoms with Gasteiger partial charge in [-0.15, -0.1) is 0 Å². The number of rotatable bonds is 12. The minimum Gasteiger partial charge on any atom is -0.493 e. The number of hydrogen-bond acceptors (Lipinski definition) is 8. The quantitative estimate of drug-likeness (QED) is 0.371. The second-order valence-electron chi connectivity index (χ2n) is 7.54. The first-order chi connectivity index (χ1) is 17.0. The minimum absolute atomic E-state index is 0.302. The van der Waals surface area contributed by atoms with Crippen molar-refractivity contribution in [3.63, 3.8) is 0 Å². The highest BCUT2D eigenvalue weighted by molar-refractivity contribution is 5.62. The van der Waals surface area contributed by atoms with Gasteiger partial charge in [-0.25, -0.2) is 0 Å². The van der Waals surface area contributed by atoms with Crippen molar-refractivity contribution in [3.05, 3.63) is 76.9 Å². The van der Waals surface area contributed by atoms with E-state index in [-0.39, 0.29) is 0 Å². The molecule has 0 radical (unpaired) electrons. The molecule has 1 N–H and O–H groups in total. The summed E-state index contributed by atoms with van der Waals surface area (Å²) in [5, 5.41) is 11.6. The van der Waals surface area contributed by atoms with Crippen molar-refractivity contribution in [3.8, 4) is 28.7 Å². The van der Waals surface area contributed by atoms with Crippen LogP contribution < -0.4 is 23.7 Å². The molecule has 0 aliphatic heterocycles. The van der Waals surface area contributed by atoms with Crippen molar-refractivity contribution in [1.29, 1.82) is 0 Å². The highest BCUT2D eigenvalue weighted by Crippen LogP contribution is 2.48. The molecule has 8 nitrogen and oxygen atoms in total. The molecule has 188 valence electrons. The average Bonchev–Trinajstić information content (AvgIpc) is 2.91. The summed E-state index contributed by atoms with van der Waals surface area (Å²) in [6.07, 6.45) is -1.93. The maximum atomic E-state index is 11.6. The van der Waals surface area contributed by atoms with Gasteiger partial charge >= 0.3 is 0 Å². The molecule has 3 aromatic carbocycles. The van der Waals surface area contributed by atoms with Crippen molar-refractivity contribution < 1.29 is 38.3 Å². The highest BCUT2D eigenvalue weighted by Gasteiger charge is 2.30. The monoisotopic (exact) mass is 484 g/mol. The largest absolute Gasteiger partial charge is 0.493 e. The molecule has 0 aliphatic rings. The zero-order valence-electron chi connectivity index (χ0n) is 20.9. The van der Waals surface area contributed by atoms with Gasteiger partial charge in [0.05, 0.1) is 28.4 Å². The zero-order chi connectivity index (χ0) is 25.4. The van der Waals surface area contributed by atoms with E-state index in [1.165, 1.54) is 35.5 Å². The molecule has 0 heterocycles. The third-order valence-corrected chi connectivity index (χ3v) is 5.60. The molecule has 0 saturated carbocycles. The minimum atomic E-state index is -1.14. The zero-order valence-corrected chi connectivity index (χ0v) is 20.9. The first-order valence-corrected chi connectivity index (χ1v) is 10.9. The van der Waals surface area contributed by atoms with Gasteiger partial charge in [0.1, 0.15) is 12.7 Å². The lowest BCUT2D eigenvalue weighted by molar-refractivity contribution is -0.107. The molecule has 0 aliphatic carbocycles. The lowest BCUT2D eigenvalue weighted by Gasteiger charge is -2.26. The molecule has 1 atom stereocenters. The van der Waals surface area contributed by atoms with Gasteiger partial charge in [0.25, 0.3) is 0 Å². The van der Waals surface area contributed by atoms with Gasteiger partial charge < -0.3 is 38.3 Å². The predicted molar refractivity (Wildman–Crippen MR) is 131 cm³/mol. The molecule has 1 unspecified atom stereocenters. The number of methoxy groups -OCH3 is 6. The summed E-state index contributed by atoms with van der Waals surface area (Å²) in [4.78, 5) is 0. The summed E-state index contributed by atoms with van der Waals surface area (Å²) in [5.74, 6) is 2.09. The summed E-state index contributed by atoms with van der Waals surface area (Å²) < 4.78 is 39.2. The molecular formula is C27H32O8. The molecule has 0 amide bonds. The summed E-state index contributed by atoms with van der Waals surface area (Å²) in [7, 11) is 9.11. The van der Waals surface area contributed by atoms with Crippen LogP contribution in [0.5, 0.6) is 28.7 Å². The van der Waals surface area contributed by atoms with Crippen molar-refractivity contribution in [2.45, 2.75) is 19.0 Å². The second-order valence-corrected chi connectivity index (χ2v) is 7.54. The Kier molecular flexibility index (Phi) is 9.19. The maximum Gasteiger partial charge on any atom is 0.203 e. The van der Waals surface area contributed by atoms with Crippen molar-refractivity contribution >= 4 is 0 Å². The molecular weight excluding hydrogens is 452 g/mol. The molecule has 0 aromatic heterocycles. The van der Waals surface area contributed by atoms with Crippen LogP contribution in [0, 0.1) is 0 Å². The number of aliphatic hydroxyl groups is 1. The molecule has 3 aromatic rings. The number of aliphatic hydroxyl groups excluding tert-OH is 1. The average molecular weight is 485 g/mol. The lowest BCUT2D eigenvalue weighted by atomic mass is 9.94. The van der Waals surface area contributed by atoms with Crippen molar-refractivity contribution in [2.24, 2.45) is 0 Å². The molecule has 3 rings (SSSR count). The van der Waals surface area contributed by atoms with Gasteiger partial charge in [0.2, 0.25) is 5.75 Å². The number of ether oxygens (including phenoxy) is 7. The Hall–Kier alpha value is -3.46. The van der Waals surface area contributed by atoms with Crippen LogP contribution in [0.25, 0.3) is 0 Å². The predicted octanol–water partition coefficient (Wildman–Crippen LogP) is 4.67. The molecule has 0 bridgehead atoms. The standard InChI is InChI=1S/C27H32O8/c1-29-20-13-12-18(14-21(20)35-16-17-10-8-7-9-11-17)24(28)23-19(27(33-5)34-6)15-22(30-2)25(31-3)26(23)32-4/h7-15,24,27-28H,16H2,1-6H3. The smallest absolute Gasteiger partial charge is 0.203 e.